The average molecular weight is 113 g/mol. The third-order valence-electron chi connectivity index (χ3n) is 0.883. The Kier molecular flexibility index (Phi) is 1.17. The molecule has 4 heteroatoms. The van der Waals surface area contributed by atoms with E-state index in [2.05, 4.69) is 5.10 Å². The van der Waals surface area contributed by atoms with Crippen LogP contribution in [0, 0.1) is 0 Å². The Balaban J connectivity index is 2.92. The molecule has 1 heterocycles. The number of aliphatic hydroxyl groups is 1. The average Bonchev–Trinajstić information content (AvgIpc) is 2.14. The largest absolute Gasteiger partial charge is 0.384 e. The topological polar surface area (TPSA) is 64.1 Å². The van der Waals surface area contributed by atoms with Crippen molar-refractivity contribution in [1.29, 1.82) is 0 Å². The fourth-order valence-corrected chi connectivity index (χ4v) is 0.461. The van der Waals surface area contributed by atoms with Crippen LogP contribution in [-0.2, 0) is 6.73 Å². The summed E-state index contributed by atoms with van der Waals surface area (Å²) >= 11 is 0. The second-order valence-corrected chi connectivity index (χ2v) is 1.40. The van der Waals surface area contributed by atoms with Crippen molar-refractivity contribution in [2.75, 3.05) is 5.73 Å². The van der Waals surface area contributed by atoms with Gasteiger partial charge in [0.2, 0.25) is 0 Å². The maximum atomic E-state index is 8.43. The zero-order chi connectivity index (χ0) is 5.98. The number of nitrogens with two attached hydrogens (primary N) is 1. The number of nitrogen functional groups attached to an aromatic ring is 1. The van der Waals surface area contributed by atoms with Crippen LogP contribution in [0.5, 0.6) is 0 Å². The Hall–Kier alpha value is -1.03. The van der Waals surface area contributed by atoms with E-state index in [4.69, 9.17) is 10.8 Å². The lowest BCUT2D eigenvalue weighted by Crippen LogP contribution is -2.02. The number of nitrogens with zero attached hydrogens (tertiary/aromatic N) is 2. The van der Waals surface area contributed by atoms with Crippen molar-refractivity contribution >= 4 is 5.82 Å². The molecule has 0 radical (unpaired) electrons. The maximum absolute atomic E-state index is 8.43. The van der Waals surface area contributed by atoms with Crippen LogP contribution in [0.2, 0.25) is 0 Å². The molecule has 0 saturated heterocycles. The molecule has 0 fully saturated rings. The van der Waals surface area contributed by atoms with Crippen molar-refractivity contribution in [3.05, 3.63) is 12.3 Å². The molecule has 0 atom stereocenters. The van der Waals surface area contributed by atoms with Crippen LogP contribution in [-0.4, -0.2) is 14.9 Å². The summed E-state index contributed by atoms with van der Waals surface area (Å²) in [4.78, 5) is 0. The van der Waals surface area contributed by atoms with Crippen molar-refractivity contribution in [2.45, 2.75) is 6.73 Å². The molecule has 1 aromatic rings. The second-order valence-electron chi connectivity index (χ2n) is 1.40. The molecule has 0 aromatic carbocycles. The Bertz CT molecular complexity index is 172. The third kappa shape index (κ3) is 0.651. The van der Waals surface area contributed by atoms with E-state index in [0.717, 1.165) is 0 Å². The van der Waals surface area contributed by atoms with Gasteiger partial charge in [0.15, 0.2) is 0 Å². The molecule has 0 aliphatic heterocycles. The SMILES string of the molecule is Nc1ccnn1CO. The fourth-order valence-electron chi connectivity index (χ4n) is 0.461. The molecule has 1 rings (SSSR count). The highest BCUT2D eigenvalue weighted by atomic mass is 16.3. The van der Waals surface area contributed by atoms with Gasteiger partial charge < -0.3 is 10.8 Å². The highest BCUT2D eigenvalue weighted by Crippen LogP contribution is 1.96. The lowest BCUT2D eigenvalue weighted by atomic mass is 10.7. The van der Waals surface area contributed by atoms with E-state index in [1.807, 2.05) is 0 Å². The number of anilines is 1. The molecule has 0 bridgehead atoms. The number of aliphatic hydroxyl groups excluding tert-OH is 1. The van der Waals surface area contributed by atoms with Crippen molar-refractivity contribution in [3.63, 3.8) is 0 Å². The highest BCUT2D eigenvalue weighted by molar-refractivity contribution is 5.25. The molecule has 8 heavy (non-hydrogen) atoms. The minimum absolute atomic E-state index is 0.154. The minimum atomic E-state index is -0.154. The third-order valence-corrected chi connectivity index (χ3v) is 0.883. The monoisotopic (exact) mass is 113 g/mol. The quantitative estimate of drug-likeness (QED) is 0.512. The molecule has 3 N–H and O–H groups in total. The summed E-state index contributed by atoms with van der Waals surface area (Å²) in [5.74, 6) is 0.479. The molecule has 0 saturated carbocycles. The zero-order valence-electron chi connectivity index (χ0n) is 4.28. The van der Waals surface area contributed by atoms with Crippen LogP contribution in [0.15, 0.2) is 12.3 Å². The summed E-state index contributed by atoms with van der Waals surface area (Å²) in [7, 11) is 0. The van der Waals surface area contributed by atoms with Gasteiger partial charge in [0.25, 0.3) is 0 Å². The van der Waals surface area contributed by atoms with Gasteiger partial charge in [-0.2, -0.15) is 5.10 Å². The molecule has 1 aromatic heterocycles. The number of aromatic nitrogens is 2. The van der Waals surface area contributed by atoms with E-state index in [0.29, 0.717) is 5.82 Å². The van der Waals surface area contributed by atoms with Gasteiger partial charge in [0.05, 0.1) is 6.20 Å². The van der Waals surface area contributed by atoms with E-state index in [-0.39, 0.29) is 6.73 Å². The number of hydrogen-bond acceptors (Lipinski definition) is 3. The molecule has 0 amide bonds. The van der Waals surface area contributed by atoms with Crippen molar-refractivity contribution in [1.82, 2.24) is 9.78 Å². The van der Waals surface area contributed by atoms with E-state index in [1.54, 1.807) is 6.07 Å². The summed E-state index contributed by atoms with van der Waals surface area (Å²) in [6.45, 7) is -0.154. The lowest BCUT2D eigenvalue weighted by molar-refractivity contribution is 0.198. The summed E-state index contributed by atoms with van der Waals surface area (Å²) < 4.78 is 1.29. The summed E-state index contributed by atoms with van der Waals surface area (Å²) in [6.07, 6.45) is 1.53. The Morgan fingerprint density at radius 3 is 2.88 bits per heavy atom. The highest BCUT2D eigenvalue weighted by Gasteiger charge is 1.90. The lowest BCUT2D eigenvalue weighted by Gasteiger charge is -1.93. The minimum Gasteiger partial charge on any atom is -0.384 e. The summed E-state index contributed by atoms with van der Waals surface area (Å²) in [5.41, 5.74) is 5.29. The first kappa shape index (κ1) is 5.11. The maximum Gasteiger partial charge on any atom is 0.138 e. The van der Waals surface area contributed by atoms with E-state index >= 15 is 0 Å². The fraction of sp³-hybridized carbons (Fsp3) is 0.250. The van der Waals surface area contributed by atoms with Gasteiger partial charge in [-0.25, -0.2) is 4.68 Å². The molecular weight excluding hydrogens is 106 g/mol. The Morgan fingerprint density at radius 2 is 2.62 bits per heavy atom. The van der Waals surface area contributed by atoms with Gasteiger partial charge in [-0.15, -0.1) is 0 Å². The molecule has 44 valence electrons. The van der Waals surface area contributed by atoms with Gasteiger partial charge >= 0.3 is 0 Å². The van der Waals surface area contributed by atoms with E-state index < -0.39 is 0 Å². The van der Waals surface area contributed by atoms with Gasteiger partial charge in [-0.1, -0.05) is 0 Å². The van der Waals surface area contributed by atoms with E-state index in [9.17, 15) is 0 Å². The predicted molar refractivity (Wildman–Crippen MR) is 28.9 cm³/mol. The van der Waals surface area contributed by atoms with Crippen molar-refractivity contribution in [3.8, 4) is 0 Å². The van der Waals surface area contributed by atoms with Crippen LogP contribution in [0.1, 0.15) is 0 Å². The molecule has 0 aliphatic carbocycles. The van der Waals surface area contributed by atoms with E-state index in [1.165, 1.54) is 10.9 Å². The number of rotatable bonds is 1. The summed E-state index contributed by atoms with van der Waals surface area (Å²) in [5, 5.41) is 12.1. The van der Waals surface area contributed by atoms with Gasteiger partial charge in [0.1, 0.15) is 12.5 Å². The normalized spacial score (nSPS) is 9.62. The Labute approximate surface area is 46.5 Å². The van der Waals surface area contributed by atoms with Crippen LogP contribution in [0.3, 0.4) is 0 Å². The van der Waals surface area contributed by atoms with Crippen molar-refractivity contribution < 1.29 is 5.11 Å². The summed E-state index contributed by atoms with van der Waals surface area (Å²) in [6, 6.07) is 1.62. The first-order chi connectivity index (χ1) is 3.84. The van der Waals surface area contributed by atoms with Gasteiger partial charge in [0, 0.05) is 6.07 Å². The van der Waals surface area contributed by atoms with Gasteiger partial charge in [-0.3, -0.25) is 0 Å². The van der Waals surface area contributed by atoms with Gasteiger partial charge in [-0.05, 0) is 0 Å². The predicted octanol–water partition coefficient (Wildman–Crippen LogP) is -0.585. The second kappa shape index (κ2) is 1.83. The van der Waals surface area contributed by atoms with Crippen molar-refractivity contribution in [2.24, 2.45) is 0 Å². The Morgan fingerprint density at radius 1 is 1.88 bits per heavy atom. The van der Waals surface area contributed by atoms with Crippen LogP contribution in [0.4, 0.5) is 5.82 Å². The van der Waals surface area contributed by atoms with Crippen LogP contribution in [0.25, 0.3) is 0 Å². The molecule has 0 aliphatic rings. The number of hydrogen-bond donors (Lipinski definition) is 2. The zero-order valence-corrected chi connectivity index (χ0v) is 4.28. The van der Waals surface area contributed by atoms with Crippen LogP contribution < -0.4 is 5.73 Å². The smallest absolute Gasteiger partial charge is 0.138 e. The standard InChI is InChI=1S/C4H7N3O/c5-4-1-2-6-7(4)3-8/h1-2,8H,3,5H2. The molecular formula is C4H7N3O. The molecule has 4 nitrogen and oxygen atoms in total. The molecule has 0 spiro atoms. The first-order valence-electron chi connectivity index (χ1n) is 2.22. The first-order valence-corrected chi connectivity index (χ1v) is 2.22. The molecule has 0 unspecified atom stereocenters. The van der Waals surface area contributed by atoms with Crippen LogP contribution >= 0.6 is 0 Å².